The van der Waals surface area contributed by atoms with E-state index in [0.717, 1.165) is 10.0 Å². The third-order valence-electron chi connectivity index (χ3n) is 4.06. The van der Waals surface area contributed by atoms with Crippen molar-refractivity contribution in [2.75, 3.05) is 13.2 Å². The summed E-state index contributed by atoms with van der Waals surface area (Å²) in [5.41, 5.74) is 1.72. The SMILES string of the molecule is CCOC(=O)/C=C/COc1ccc2c(=O)c(-c3ccc(Br)cc3)c(C)oc2c1. The zero-order valence-corrected chi connectivity index (χ0v) is 17.1. The van der Waals surface area contributed by atoms with Crippen molar-refractivity contribution in [3.05, 3.63) is 75.1 Å². The number of halogens is 1. The van der Waals surface area contributed by atoms with E-state index in [9.17, 15) is 9.59 Å². The van der Waals surface area contributed by atoms with Crippen molar-refractivity contribution in [3.63, 3.8) is 0 Å². The van der Waals surface area contributed by atoms with Gasteiger partial charge in [-0.05, 0) is 49.8 Å². The predicted molar refractivity (Wildman–Crippen MR) is 112 cm³/mol. The van der Waals surface area contributed by atoms with Crippen LogP contribution in [0.2, 0.25) is 0 Å². The molecule has 5 nitrogen and oxygen atoms in total. The summed E-state index contributed by atoms with van der Waals surface area (Å²) >= 11 is 3.40. The van der Waals surface area contributed by atoms with E-state index in [2.05, 4.69) is 15.9 Å². The molecule has 0 amide bonds. The van der Waals surface area contributed by atoms with Crippen LogP contribution in [0.15, 0.2) is 68.3 Å². The van der Waals surface area contributed by atoms with Gasteiger partial charge >= 0.3 is 5.97 Å². The minimum Gasteiger partial charge on any atom is -0.489 e. The molecule has 28 heavy (non-hydrogen) atoms. The van der Waals surface area contributed by atoms with E-state index >= 15 is 0 Å². The predicted octanol–water partition coefficient (Wildman–Crippen LogP) is 5.03. The number of carbonyl (C=O) groups is 1. The van der Waals surface area contributed by atoms with Gasteiger partial charge in [-0.2, -0.15) is 0 Å². The number of fused-ring (bicyclic) bond motifs is 1. The van der Waals surface area contributed by atoms with E-state index in [-0.39, 0.29) is 12.0 Å². The zero-order chi connectivity index (χ0) is 20.1. The Morgan fingerprint density at radius 3 is 2.64 bits per heavy atom. The first-order chi connectivity index (χ1) is 13.5. The van der Waals surface area contributed by atoms with Crippen LogP contribution in [0.1, 0.15) is 12.7 Å². The molecule has 1 heterocycles. The third-order valence-corrected chi connectivity index (χ3v) is 4.59. The summed E-state index contributed by atoms with van der Waals surface area (Å²) in [7, 11) is 0. The lowest BCUT2D eigenvalue weighted by atomic mass is 10.0. The van der Waals surface area contributed by atoms with Crippen molar-refractivity contribution in [2.24, 2.45) is 0 Å². The molecular formula is C22H19BrO5. The van der Waals surface area contributed by atoms with E-state index in [0.29, 0.717) is 34.6 Å². The number of hydrogen-bond acceptors (Lipinski definition) is 5. The maximum Gasteiger partial charge on any atom is 0.330 e. The molecule has 0 aliphatic carbocycles. The highest BCUT2D eigenvalue weighted by Gasteiger charge is 2.14. The summed E-state index contributed by atoms with van der Waals surface area (Å²) in [6, 6.07) is 12.6. The fourth-order valence-corrected chi connectivity index (χ4v) is 3.07. The van der Waals surface area contributed by atoms with Crippen molar-refractivity contribution in [3.8, 4) is 16.9 Å². The highest BCUT2D eigenvalue weighted by Crippen LogP contribution is 2.27. The molecule has 0 aliphatic rings. The van der Waals surface area contributed by atoms with Gasteiger partial charge in [0.05, 0.1) is 17.6 Å². The van der Waals surface area contributed by atoms with E-state index in [4.69, 9.17) is 13.9 Å². The molecule has 0 fully saturated rings. The summed E-state index contributed by atoms with van der Waals surface area (Å²) in [4.78, 5) is 24.2. The first-order valence-electron chi connectivity index (χ1n) is 8.79. The maximum atomic E-state index is 13.0. The number of esters is 1. The Kier molecular flexibility index (Phi) is 6.31. The number of ether oxygens (including phenoxy) is 2. The smallest absolute Gasteiger partial charge is 0.330 e. The monoisotopic (exact) mass is 442 g/mol. The van der Waals surface area contributed by atoms with Gasteiger partial charge in [0.15, 0.2) is 0 Å². The first-order valence-corrected chi connectivity index (χ1v) is 9.58. The van der Waals surface area contributed by atoms with Crippen molar-refractivity contribution in [1.29, 1.82) is 0 Å². The van der Waals surface area contributed by atoms with Crippen LogP contribution < -0.4 is 10.2 Å². The van der Waals surface area contributed by atoms with E-state index in [1.54, 1.807) is 38.1 Å². The molecule has 0 atom stereocenters. The largest absolute Gasteiger partial charge is 0.489 e. The third kappa shape index (κ3) is 4.51. The van der Waals surface area contributed by atoms with Crippen molar-refractivity contribution >= 4 is 32.9 Å². The summed E-state index contributed by atoms with van der Waals surface area (Å²) in [5.74, 6) is 0.672. The fourth-order valence-electron chi connectivity index (χ4n) is 2.80. The Morgan fingerprint density at radius 1 is 1.18 bits per heavy atom. The van der Waals surface area contributed by atoms with Crippen LogP contribution in [0.5, 0.6) is 5.75 Å². The number of rotatable bonds is 6. The second-order valence-corrected chi connectivity index (χ2v) is 6.91. The quantitative estimate of drug-likeness (QED) is 0.395. The average Bonchev–Trinajstić information content (AvgIpc) is 2.67. The topological polar surface area (TPSA) is 65.7 Å². The van der Waals surface area contributed by atoms with Crippen molar-refractivity contribution < 1.29 is 18.7 Å². The molecule has 3 rings (SSSR count). The van der Waals surface area contributed by atoms with Crippen LogP contribution in [0.3, 0.4) is 0 Å². The van der Waals surface area contributed by atoms with Gasteiger partial charge < -0.3 is 13.9 Å². The highest BCUT2D eigenvalue weighted by atomic mass is 79.9. The van der Waals surface area contributed by atoms with Crippen LogP contribution in [0.4, 0.5) is 0 Å². The van der Waals surface area contributed by atoms with Gasteiger partial charge in [0.2, 0.25) is 5.43 Å². The van der Waals surface area contributed by atoms with Crippen LogP contribution in [0, 0.1) is 6.92 Å². The number of hydrogen-bond donors (Lipinski definition) is 0. The summed E-state index contributed by atoms with van der Waals surface area (Å²) < 4.78 is 17.2. The molecule has 2 aromatic carbocycles. The van der Waals surface area contributed by atoms with Crippen LogP contribution in [0.25, 0.3) is 22.1 Å². The lowest BCUT2D eigenvalue weighted by Gasteiger charge is -2.09. The normalized spacial score (nSPS) is 11.1. The zero-order valence-electron chi connectivity index (χ0n) is 15.5. The van der Waals surface area contributed by atoms with E-state index < -0.39 is 5.97 Å². The molecule has 0 aliphatic heterocycles. The molecular weight excluding hydrogens is 424 g/mol. The molecule has 0 bridgehead atoms. The van der Waals surface area contributed by atoms with Crippen LogP contribution >= 0.6 is 15.9 Å². The van der Waals surface area contributed by atoms with Crippen LogP contribution in [-0.4, -0.2) is 19.2 Å². The Labute approximate surface area is 170 Å². The Bertz CT molecular complexity index is 1080. The lowest BCUT2D eigenvalue weighted by molar-refractivity contribution is -0.137. The molecule has 144 valence electrons. The molecule has 0 unspecified atom stereocenters. The molecule has 6 heteroatoms. The van der Waals surface area contributed by atoms with E-state index in [1.807, 2.05) is 24.3 Å². The molecule has 0 radical (unpaired) electrons. The molecule has 0 spiro atoms. The minimum absolute atomic E-state index is 0.0881. The fraction of sp³-hybridized carbons (Fsp3) is 0.182. The lowest BCUT2D eigenvalue weighted by Crippen LogP contribution is -2.07. The molecule has 3 aromatic rings. The number of carbonyl (C=O) groups excluding carboxylic acids is 1. The summed E-state index contributed by atoms with van der Waals surface area (Å²) in [6.07, 6.45) is 2.89. The van der Waals surface area contributed by atoms with Gasteiger partial charge in [0, 0.05) is 16.6 Å². The molecule has 0 saturated heterocycles. The molecule has 1 aromatic heterocycles. The average molecular weight is 443 g/mol. The first kappa shape index (κ1) is 19.9. The number of benzene rings is 2. The van der Waals surface area contributed by atoms with Gasteiger partial charge in [-0.15, -0.1) is 0 Å². The Balaban J connectivity index is 1.86. The van der Waals surface area contributed by atoms with Crippen LogP contribution in [-0.2, 0) is 9.53 Å². The van der Waals surface area contributed by atoms with Gasteiger partial charge in [-0.3, -0.25) is 4.79 Å². The summed E-state index contributed by atoms with van der Waals surface area (Å²) in [6.45, 7) is 4.04. The molecule has 0 saturated carbocycles. The Morgan fingerprint density at radius 2 is 1.93 bits per heavy atom. The van der Waals surface area contributed by atoms with Gasteiger partial charge in [-0.25, -0.2) is 4.79 Å². The van der Waals surface area contributed by atoms with Crippen molar-refractivity contribution in [1.82, 2.24) is 0 Å². The van der Waals surface area contributed by atoms with E-state index in [1.165, 1.54) is 6.08 Å². The highest BCUT2D eigenvalue weighted by molar-refractivity contribution is 9.10. The second-order valence-electron chi connectivity index (χ2n) is 5.99. The van der Waals surface area contributed by atoms with Crippen molar-refractivity contribution in [2.45, 2.75) is 13.8 Å². The summed E-state index contributed by atoms with van der Waals surface area (Å²) in [5, 5.41) is 0.484. The maximum absolute atomic E-state index is 13.0. The standard InChI is InChI=1S/C22H19BrO5/c1-3-26-20(24)5-4-12-27-17-10-11-18-19(13-17)28-14(2)21(22(18)25)15-6-8-16(23)9-7-15/h4-11,13H,3,12H2,1-2H3/b5-4+. The number of aryl methyl sites for hydroxylation is 1. The minimum atomic E-state index is -0.410. The molecule has 0 N–H and O–H groups in total. The van der Waals surface area contributed by atoms with Gasteiger partial charge in [0.1, 0.15) is 23.7 Å². The van der Waals surface area contributed by atoms with Gasteiger partial charge in [-0.1, -0.05) is 28.1 Å². The Hall–Kier alpha value is -2.86. The second kappa shape index (κ2) is 8.89. The van der Waals surface area contributed by atoms with Gasteiger partial charge in [0.25, 0.3) is 0 Å².